The Morgan fingerprint density at radius 2 is 1.39 bits per heavy atom. The van der Waals surface area contributed by atoms with Crippen LogP contribution >= 0.6 is 0 Å². The lowest BCUT2D eigenvalue weighted by Crippen LogP contribution is -2.46. The molecule has 2 heterocycles. The second-order valence-corrected chi connectivity index (χ2v) is 7.12. The Labute approximate surface area is 160 Å². The van der Waals surface area contributed by atoms with Crippen molar-refractivity contribution >= 4 is 0 Å². The number of rotatable bonds is 4. The van der Waals surface area contributed by atoms with Gasteiger partial charge in [0.05, 0.1) is 5.56 Å². The van der Waals surface area contributed by atoms with Crippen molar-refractivity contribution < 1.29 is 13.2 Å². The van der Waals surface area contributed by atoms with E-state index >= 15 is 0 Å². The van der Waals surface area contributed by atoms with E-state index in [9.17, 15) is 22.8 Å². The van der Waals surface area contributed by atoms with Crippen LogP contribution in [-0.2, 0) is 33.4 Å². The van der Waals surface area contributed by atoms with Crippen LogP contribution in [0.2, 0.25) is 0 Å². The monoisotopic (exact) mass is 396 g/mol. The molecular weight excluding hydrogens is 373 g/mol. The Bertz CT molecular complexity index is 940. The minimum Gasteiger partial charge on any atom is -0.299 e. The lowest BCUT2D eigenvalue weighted by molar-refractivity contribution is -0.137. The van der Waals surface area contributed by atoms with E-state index in [0.29, 0.717) is 18.8 Å². The fourth-order valence-corrected chi connectivity index (χ4v) is 3.32. The second-order valence-electron chi connectivity index (χ2n) is 7.12. The molecule has 0 spiro atoms. The van der Waals surface area contributed by atoms with Gasteiger partial charge in [0.2, 0.25) is 0 Å². The molecule has 1 aromatic heterocycles. The number of hydrogen-bond acceptors (Lipinski definition) is 4. The molecule has 2 aromatic rings. The summed E-state index contributed by atoms with van der Waals surface area (Å²) in [5.74, 6) is 0. The van der Waals surface area contributed by atoms with Crippen molar-refractivity contribution in [2.45, 2.75) is 19.3 Å². The molecule has 0 atom stereocenters. The molecule has 0 saturated carbocycles. The summed E-state index contributed by atoms with van der Waals surface area (Å²) in [5.41, 5.74) is 0.211. The standard InChI is InChI=1S/C19H23F3N4O2/c1-23-16(11-17(27)24(2)18(23)28)13-26-9-7-25(8-10-26)12-14-3-5-15(6-4-14)19(20,21)22/h3-6,11H,7-10,12-13H2,1-2H3. The van der Waals surface area contributed by atoms with Crippen LogP contribution in [0, 0.1) is 0 Å². The molecule has 0 N–H and O–H groups in total. The maximum Gasteiger partial charge on any atom is 0.416 e. The lowest BCUT2D eigenvalue weighted by atomic mass is 10.1. The molecule has 152 valence electrons. The average molecular weight is 396 g/mol. The van der Waals surface area contributed by atoms with Crippen molar-refractivity contribution in [3.05, 3.63) is 68.0 Å². The molecule has 1 aliphatic heterocycles. The van der Waals surface area contributed by atoms with Gasteiger partial charge in [-0.15, -0.1) is 0 Å². The van der Waals surface area contributed by atoms with Crippen LogP contribution in [0.15, 0.2) is 39.9 Å². The maximum atomic E-state index is 12.6. The second kappa shape index (κ2) is 7.92. The van der Waals surface area contributed by atoms with Gasteiger partial charge >= 0.3 is 11.9 Å². The third-order valence-corrected chi connectivity index (χ3v) is 5.16. The number of nitrogens with zero attached hydrogens (tertiary/aromatic N) is 4. The Morgan fingerprint density at radius 3 is 1.93 bits per heavy atom. The van der Waals surface area contributed by atoms with E-state index in [2.05, 4.69) is 9.80 Å². The van der Waals surface area contributed by atoms with Crippen molar-refractivity contribution in [3.63, 3.8) is 0 Å². The van der Waals surface area contributed by atoms with Crippen LogP contribution < -0.4 is 11.2 Å². The highest BCUT2D eigenvalue weighted by Crippen LogP contribution is 2.29. The number of benzene rings is 1. The van der Waals surface area contributed by atoms with Crippen LogP contribution in [0.1, 0.15) is 16.8 Å². The molecule has 1 aromatic carbocycles. The van der Waals surface area contributed by atoms with Gasteiger partial charge in [0, 0.05) is 65.1 Å². The summed E-state index contributed by atoms with van der Waals surface area (Å²) in [6.07, 6.45) is -4.32. The van der Waals surface area contributed by atoms with Gasteiger partial charge in [0.15, 0.2) is 0 Å². The summed E-state index contributed by atoms with van der Waals surface area (Å²) in [7, 11) is 3.10. The molecule has 1 fully saturated rings. The molecule has 6 nitrogen and oxygen atoms in total. The van der Waals surface area contributed by atoms with Gasteiger partial charge in [-0.1, -0.05) is 12.1 Å². The predicted octanol–water partition coefficient (Wildman–Crippen LogP) is 1.42. The highest BCUT2D eigenvalue weighted by Gasteiger charge is 2.30. The van der Waals surface area contributed by atoms with Crippen molar-refractivity contribution in [1.82, 2.24) is 18.9 Å². The minimum absolute atomic E-state index is 0.320. The normalized spacial score (nSPS) is 16.5. The number of piperazine rings is 1. The summed E-state index contributed by atoms with van der Waals surface area (Å²) in [6, 6.07) is 6.75. The molecule has 28 heavy (non-hydrogen) atoms. The highest BCUT2D eigenvalue weighted by molar-refractivity contribution is 5.24. The molecule has 1 aliphatic rings. The van der Waals surface area contributed by atoms with E-state index in [1.807, 2.05) is 0 Å². The predicted molar refractivity (Wildman–Crippen MR) is 98.9 cm³/mol. The molecule has 1 saturated heterocycles. The van der Waals surface area contributed by atoms with Crippen LogP contribution in [-0.4, -0.2) is 45.1 Å². The third-order valence-electron chi connectivity index (χ3n) is 5.16. The van der Waals surface area contributed by atoms with Gasteiger partial charge in [-0.3, -0.25) is 23.7 Å². The fourth-order valence-electron chi connectivity index (χ4n) is 3.32. The van der Waals surface area contributed by atoms with E-state index in [-0.39, 0.29) is 11.2 Å². The van der Waals surface area contributed by atoms with Crippen molar-refractivity contribution in [1.29, 1.82) is 0 Å². The highest BCUT2D eigenvalue weighted by atomic mass is 19.4. The third kappa shape index (κ3) is 4.53. The molecule has 0 unspecified atom stereocenters. The van der Waals surface area contributed by atoms with Gasteiger partial charge in [-0.2, -0.15) is 13.2 Å². The smallest absolute Gasteiger partial charge is 0.299 e. The van der Waals surface area contributed by atoms with Gasteiger partial charge in [-0.05, 0) is 17.7 Å². The Morgan fingerprint density at radius 1 is 0.857 bits per heavy atom. The maximum absolute atomic E-state index is 12.6. The quantitative estimate of drug-likeness (QED) is 0.785. The van der Waals surface area contributed by atoms with Gasteiger partial charge in [0.1, 0.15) is 0 Å². The summed E-state index contributed by atoms with van der Waals surface area (Å²) in [4.78, 5) is 28.2. The van der Waals surface area contributed by atoms with Crippen LogP contribution in [0.25, 0.3) is 0 Å². The summed E-state index contributed by atoms with van der Waals surface area (Å²) in [6.45, 7) is 4.14. The Kier molecular flexibility index (Phi) is 5.76. The largest absolute Gasteiger partial charge is 0.416 e. The van der Waals surface area contributed by atoms with Gasteiger partial charge in [-0.25, -0.2) is 4.79 Å². The Hall–Kier alpha value is -2.39. The first-order chi connectivity index (χ1) is 13.1. The van der Waals surface area contributed by atoms with Crippen molar-refractivity contribution in [2.75, 3.05) is 26.2 Å². The Balaban J connectivity index is 1.57. The van der Waals surface area contributed by atoms with E-state index in [4.69, 9.17) is 0 Å². The van der Waals surface area contributed by atoms with Crippen molar-refractivity contribution in [3.8, 4) is 0 Å². The number of halogens is 3. The fraction of sp³-hybridized carbons (Fsp3) is 0.474. The number of hydrogen-bond donors (Lipinski definition) is 0. The topological polar surface area (TPSA) is 50.5 Å². The summed E-state index contributed by atoms with van der Waals surface area (Å²) in [5, 5.41) is 0. The summed E-state index contributed by atoms with van der Waals surface area (Å²) >= 11 is 0. The average Bonchev–Trinajstić information content (AvgIpc) is 2.65. The zero-order chi connectivity index (χ0) is 20.5. The van der Waals surface area contributed by atoms with Crippen LogP contribution in [0.3, 0.4) is 0 Å². The lowest BCUT2D eigenvalue weighted by Gasteiger charge is -2.35. The first-order valence-corrected chi connectivity index (χ1v) is 9.02. The van der Waals surface area contributed by atoms with E-state index in [1.165, 1.54) is 29.8 Å². The first-order valence-electron chi connectivity index (χ1n) is 9.02. The molecule has 0 amide bonds. The first kappa shape index (κ1) is 20.3. The molecule has 0 bridgehead atoms. The van der Waals surface area contributed by atoms with E-state index in [1.54, 1.807) is 7.05 Å². The minimum atomic E-state index is -4.32. The zero-order valence-electron chi connectivity index (χ0n) is 15.9. The van der Waals surface area contributed by atoms with Crippen molar-refractivity contribution in [2.24, 2.45) is 14.1 Å². The molecule has 0 aliphatic carbocycles. The SMILES string of the molecule is Cn1c(CN2CCN(Cc3ccc(C(F)(F)F)cc3)CC2)cc(=O)n(C)c1=O. The van der Waals surface area contributed by atoms with Crippen LogP contribution in [0.4, 0.5) is 13.2 Å². The molecule has 0 radical (unpaired) electrons. The zero-order valence-corrected chi connectivity index (χ0v) is 15.9. The van der Waals surface area contributed by atoms with E-state index < -0.39 is 11.7 Å². The number of alkyl halides is 3. The van der Waals surface area contributed by atoms with Gasteiger partial charge < -0.3 is 0 Å². The molecule has 3 rings (SSSR count). The van der Waals surface area contributed by atoms with Crippen LogP contribution in [0.5, 0.6) is 0 Å². The van der Waals surface area contributed by atoms with Gasteiger partial charge in [0.25, 0.3) is 5.56 Å². The molecule has 9 heteroatoms. The number of aromatic nitrogens is 2. The molecular formula is C19H23F3N4O2. The van der Waals surface area contributed by atoms with E-state index in [0.717, 1.165) is 48.4 Å². The summed E-state index contributed by atoms with van der Waals surface area (Å²) < 4.78 is 40.5.